The number of anilines is 2. The molecule has 1 N–H and O–H groups in total. The van der Waals surface area contributed by atoms with Crippen LogP contribution in [0.1, 0.15) is 49.0 Å². The number of carbonyl (C=O) groups excluding carboxylic acids is 2. The first kappa shape index (κ1) is 20.5. The number of halogens is 1. The number of carbonyl (C=O) groups is 2. The molecule has 0 spiro atoms. The Bertz CT molecular complexity index is 914. The van der Waals surface area contributed by atoms with E-state index in [1.165, 1.54) is 25.8 Å². The van der Waals surface area contributed by atoms with Crippen molar-refractivity contribution in [3.05, 3.63) is 41.8 Å². The molecule has 160 valence electrons. The second kappa shape index (κ2) is 8.95. The van der Waals surface area contributed by atoms with Gasteiger partial charge in [-0.2, -0.15) is 5.10 Å². The fourth-order valence-corrected chi connectivity index (χ4v) is 4.37. The molecule has 1 aliphatic carbocycles. The number of hydrogen-bond acceptors (Lipinski definition) is 5. The molecule has 1 aromatic carbocycles. The highest BCUT2D eigenvalue weighted by Gasteiger charge is 2.23. The van der Waals surface area contributed by atoms with Gasteiger partial charge in [0.25, 0.3) is 0 Å². The molecular formula is C22H28FN5O2. The van der Waals surface area contributed by atoms with Crippen molar-refractivity contribution < 1.29 is 14.0 Å². The number of amides is 1. The Morgan fingerprint density at radius 2 is 1.87 bits per heavy atom. The smallest absolute Gasteiger partial charge is 0.239 e. The quantitative estimate of drug-likeness (QED) is 0.737. The number of rotatable bonds is 6. The van der Waals surface area contributed by atoms with Crippen LogP contribution in [-0.2, 0) is 4.79 Å². The Labute approximate surface area is 175 Å². The summed E-state index contributed by atoms with van der Waals surface area (Å²) in [7, 11) is 0. The van der Waals surface area contributed by atoms with E-state index in [-0.39, 0.29) is 17.5 Å². The van der Waals surface area contributed by atoms with Gasteiger partial charge in [0.15, 0.2) is 5.78 Å². The molecule has 1 aliphatic heterocycles. The summed E-state index contributed by atoms with van der Waals surface area (Å²) >= 11 is 0. The van der Waals surface area contributed by atoms with Crippen LogP contribution in [0.3, 0.4) is 0 Å². The van der Waals surface area contributed by atoms with Gasteiger partial charge in [-0.15, -0.1) is 0 Å². The number of ketones is 1. The predicted molar refractivity (Wildman–Crippen MR) is 113 cm³/mol. The SMILES string of the molecule is CC(=O)c1ccc(N2CCN(CC(=O)Nc3ccnn3C3CCCC3)CC2)c(F)c1. The van der Waals surface area contributed by atoms with Crippen molar-refractivity contribution in [2.24, 2.45) is 0 Å². The first-order valence-electron chi connectivity index (χ1n) is 10.6. The van der Waals surface area contributed by atoms with E-state index in [1.54, 1.807) is 18.3 Å². The molecule has 1 amide bonds. The van der Waals surface area contributed by atoms with Crippen LogP contribution in [-0.4, -0.2) is 59.1 Å². The van der Waals surface area contributed by atoms with Crippen LogP contribution >= 0.6 is 0 Å². The van der Waals surface area contributed by atoms with E-state index < -0.39 is 0 Å². The van der Waals surface area contributed by atoms with E-state index >= 15 is 0 Å². The normalized spacial score (nSPS) is 18.0. The highest BCUT2D eigenvalue weighted by molar-refractivity contribution is 5.94. The lowest BCUT2D eigenvalue weighted by Crippen LogP contribution is -2.49. The van der Waals surface area contributed by atoms with E-state index in [9.17, 15) is 14.0 Å². The van der Waals surface area contributed by atoms with Crippen molar-refractivity contribution in [1.82, 2.24) is 14.7 Å². The largest absolute Gasteiger partial charge is 0.367 e. The van der Waals surface area contributed by atoms with Crippen molar-refractivity contribution >= 4 is 23.2 Å². The molecule has 0 radical (unpaired) electrons. The lowest BCUT2D eigenvalue weighted by atomic mass is 10.1. The number of hydrogen-bond donors (Lipinski definition) is 1. The van der Waals surface area contributed by atoms with E-state index in [4.69, 9.17) is 0 Å². The van der Waals surface area contributed by atoms with Gasteiger partial charge in [-0.05, 0) is 38.0 Å². The second-order valence-electron chi connectivity index (χ2n) is 8.13. The van der Waals surface area contributed by atoms with Crippen LogP contribution < -0.4 is 10.2 Å². The number of nitrogens with zero attached hydrogens (tertiary/aromatic N) is 4. The minimum atomic E-state index is -0.380. The Balaban J connectivity index is 1.29. The summed E-state index contributed by atoms with van der Waals surface area (Å²) in [4.78, 5) is 28.0. The third-order valence-electron chi connectivity index (χ3n) is 6.04. The minimum Gasteiger partial charge on any atom is -0.367 e. The van der Waals surface area contributed by atoms with Crippen LogP contribution in [0, 0.1) is 5.82 Å². The Hall–Kier alpha value is -2.74. The molecule has 8 heteroatoms. The molecule has 7 nitrogen and oxygen atoms in total. The molecule has 1 aromatic heterocycles. The second-order valence-corrected chi connectivity index (χ2v) is 8.13. The summed E-state index contributed by atoms with van der Waals surface area (Å²) in [5.41, 5.74) is 0.882. The van der Waals surface area contributed by atoms with Crippen LogP contribution in [0.2, 0.25) is 0 Å². The van der Waals surface area contributed by atoms with Crippen LogP contribution in [0.25, 0.3) is 0 Å². The zero-order valence-corrected chi connectivity index (χ0v) is 17.3. The van der Waals surface area contributed by atoms with Crippen molar-refractivity contribution in [1.29, 1.82) is 0 Å². The van der Waals surface area contributed by atoms with Crippen molar-refractivity contribution in [2.75, 3.05) is 42.9 Å². The Kier molecular flexibility index (Phi) is 6.13. The lowest BCUT2D eigenvalue weighted by molar-refractivity contribution is -0.117. The maximum Gasteiger partial charge on any atom is 0.239 e. The average Bonchev–Trinajstić information content (AvgIpc) is 3.40. The first-order chi connectivity index (χ1) is 14.5. The molecule has 2 aliphatic rings. The molecule has 0 unspecified atom stereocenters. The molecule has 0 atom stereocenters. The van der Waals surface area contributed by atoms with Gasteiger partial charge in [0.05, 0.1) is 24.5 Å². The maximum absolute atomic E-state index is 14.4. The first-order valence-corrected chi connectivity index (χ1v) is 10.6. The zero-order valence-electron chi connectivity index (χ0n) is 17.3. The fraction of sp³-hybridized carbons (Fsp3) is 0.500. The van der Waals surface area contributed by atoms with E-state index in [0.29, 0.717) is 50.0 Å². The van der Waals surface area contributed by atoms with Crippen LogP contribution in [0.5, 0.6) is 0 Å². The van der Waals surface area contributed by atoms with Crippen LogP contribution in [0.15, 0.2) is 30.5 Å². The fourth-order valence-electron chi connectivity index (χ4n) is 4.37. The predicted octanol–water partition coefficient (Wildman–Crippen LogP) is 3.10. The molecule has 1 saturated carbocycles. The molecule has 2 heterocycles. The molecule has 4 rings (SSSR count). The number of aromatic nitrogens is 2. The minimum absolute atomic E-state index is 0.0554. The molecule has 2 fully saturated rings. The molecular weight excluding hydrogens is 385 g/mol. The number of Topliss-reactive ketones (excluding diaryl/α,β-unsaturated/α-hetero) is 1. The summed E-state index contributed by atoms with van der Waals surface area (Å²) in [6, 6.07) is 6.85. The topological polar surface area (TPSA) is 70.5 Å². The van der Waals surface area contributed by atoms with Gasteiger partial charge in [0.2, 0.25) is 5.91 Å². The lowest BCUT2D eigenvalue weighted by Gasteiger charge is -2.35. The van der Waals surface area contributed by atoms with Gasteiger partial charge in [-0.1, -0.05) is 12.8 Å². The Morgan fingerprint density at radius 1 is 1.13 bits per heavy atom. The van der Waals surface area contributed by atoms with E-state index in [0.717, 1.165) is 18.7 Å². The van der Waals surface area contributed by atoms with E-state index in [2.05, 4.69) is 15.3 Å². The summed E-state index contributed by atoms with van der Waals surface area (Å²) < 4.78 is 16.3. The summed E-state index contributed by atoms with van der Waals surface area (Å²) in [6.45, 7) is 4.33. The van der Waals surface area contributed by atoms with Crippen molar-refractivity contribution in [2.45, 2.75) is 38.6 Å². The highest BCUT2D eigenvalue weighted by Crippen LogP contribution is 2.31. The van der Waals surface area contributed by atoms with Gasteiger partial charge in [-0.25, -0.2) is 9.07 Å². The van der Waals surface area contributed by atoms with Gasteiger partial charge in [-0.3, -0.25) is 14.5 Å². The highest BCUT2D eigenvalue weighted by atomic mass is 19.1. The standard InChI is InChI=1S/C22H28FN5O2/c1-16(29)17-6-7-20(19(23)14-17)27-12-10-26(11-13-27)15-22(30)25-21-8-9-24-28(21)18-4-2-3-5-18/h6-9,14,18H,2-5,10-13,15H2,1H3,(H,25,30). The number of benzene rings is 1. The molecule has 2 aromatic rings. The summed E-state index contributed by atoms with van der Waals surface area (Å²) in [5.74, 6) is 0.179. The Morgan fingerprint density at radius 3 is 2.53 bits per heavy atom. The van der Waals surface area contributed by atoms with E-state index in [1.807, 2.05) is 15.6 Å². The summed E-state index contributed by atoms with van der Waals surface area (Å²) in [5, 5.41) is 7.39. The average molecular weight is 413 g/mol. The summed E-state index contributed by atoms with van der Waals surface area (Å²) in [6.07, 6.45) is 6.37. The third kappa shape index (κ3) is 4.53. The monoisotopic (exact) mass is 413 g/mol. The third-order valence-corrected chi connectivity index (χ3v) is 6.04. The van der Waals surface area contributed by atoms with Crippen LogP contribution in [0.4, 0.5) is 15.9 Å². The number of piperazine rings is 1. The number of nitrogens with one attached hydrogen (secondary N) is 1. The zero-order chi connectivity index (χ0) is 21.1. The molecule has 30 heavy (non-hydrogen) atoms. The molecule has 1 saturated heterocycles. The van der Waals surface area contributed by atoms with Gasteiger partial charge in [0.1, 0.15) is 11.6 Å². The van der Waals surface area contributed by atoms with Crippen molar-refractivity contribution in [3.63, 3.8) is 0 Å². The maximum atomic E-state index is 14.4. The molecule has 0 bridgehead atoms. The van der Waals surface area contributed by atoms with Crippen molar-refractivity contribution in [3.8, 4) is 0 Å². The van der Waals surface area contributed by atoms with Gasteiger partial charge < -0.3 is 10.2 Å². The van der Waals surface area contributed by atoms with Gasteiger partial charge >= 0.3 is 0 Å². The van der Waals surface area contributed by atoms with Gasteiger partial charge in [0, 0.05) is 37.8 Å².